The molecule has 0 radical (unpaired) electrons. The van der Waals surface area contributed by atoms with E-state index in [2.05, 4.69) is 0 Å². The van der Waals surface area contributed by atoms with Gasteiger partial charge in [0.25, 0.3) is 0 Å². The molecule has 2 atom stereocenters. The van der Waals surface area contributed by atoms with Crippen LogP contribution in [-0.4, -0.2) is 23.8 Å². The van der Waals surface area contributed by atoms with Crippen molar-refractivity contribution in [1.82, 2.24) is 0 Å². The van der Waals surface area contributed by atoms with Gasteiger partial charge >= 0.3 is 5.97 Å². The summed E-state index contributed by atoms with van der Waals surface area (Å²) in [5.41, 5.74) is -2.36. The Hall–Kier alpha value is -1.00. The highest BCUT2D eigenvalue weighted by Gasteiger charge is 2.68. The van der Waals surface area contributed by atoms with Gasteiger partial charge in [-0.05, 0) is 34.1 Å². The van der Waals surface area contributed by atoms with Crippen LogP contribution in [0.15, 0.2) is 0 Å². The Balaban J connectivity index is 2.83. The van der Waals surface area contributed by atoms with Crippen molar-refractivity contribution in [2.75, 3.05) is 0 Å². The van der Waals surface area contributed by atoms with Gasteiger partial charge in [0.1, 0.15) is 16.8 Å². The molecule has 0 bridgehead atoms. The summed E-state index contributed by atoms with van der Waals surface area (Å²) in [6, 6.07) is 0. The van der Waals surface area contributed by atoms with Gasteiger partial charge in [0.05, 0.1) is 0 Å². The van der Waals surface area contributed by atoms with Crippen molar-refractivity contribution in [3.8, 4) is 0 Å². The van der Waals surface area contributed by atoms with E-state index in [9.17, 15) is 18.4 Å². The van der Waals surface area contributed by atoms with Gasteiger partial charge < -0.3 is 4.74 Å². The molecule has 1 aliphatic carbocycles. The number of hydrogen-bond acceptors (Lipinski definition) is 3. The second-order valence-corrected chi connectivity index (χ2v) is 5.17. The summed E-state index contributed by atoms with van der Waals surface area (Å²) < 4.78 is 30.0. The third-order valence-electron chi connectivity index (χ3n) is 2.71. The SMILES string of the molecule is CC(=O)C1(C(=O)OC(C)(C)C)CC1C(F)F. The van der Waals surface area contributed by atoms with Gasteiger partial charge in [-0.3, -0.25) is 9.59 Å². The number of carbonyl (C=O) groups excluding carboxylic acids is 2. The van der Waals surface area contributed by atoms with E-state index >= 15 is 0 Å². The maximum absolute atomic E-state index is 12.5. The van der Waals surface area contributed by atoms with E-state index in [-0.39, 0.29) is 6.42 Å². The Morgan fingerprint density at radius 3 is 2.12 bits per heavy atom. The summed E-state index contributed by atoms with van der Waals surface area (Å²) in [5.74, 6) is -2.54. The Morgan fingerprint density at radius 2 is 1.88 bits per heavy atom. The van der Waals surface area contributed by atoms with Crippen molar-refractivity contribution >= 4 is 11.8 Å². The molecule has 0 aromatic rings. The molecule has 0 spiro atoms. The molecule has 1 aliphatic rings. The van der Waals surface area contributed by atoms with Gasteiger partial charge in [0.2, 0.25) is 6.43 Å². The van der Waals surface area contributed by atoms with Crippen molar-refractivity contribution in [3.63, 3.8) is 0 Å². The minimum atomic E-state index is -2.66. The second kappa shape index (κ2) is 3.79. The van der Waals surface area contributed by atoms with E-state index < -0.39 is 35.1 Å². The van der Waals surface area contributed by atoms with Gasteiger partial charge in [0.15, 0.2) is 0 Å². The van der Waals surface area contributed by atoms with Crippen molar-refractivity contribution in [1.29, 1.82) is 0 Å². The van der Waals surface area contributed by atoms with E-state index in [0.29, 0.717) is 0 Å². The lowest BCUT2D eigenvalue weighted by atomic mass is 9.98. The molecule has 1 saturated carbocycles. The number of hydrogen-bond donors (Lipinski definition) is 0. The molecule has 0 heterocycles. The zero-order chi connectivity index (χ0) is 12.7. The second-order valence-electron chi connectivity index (χ2n) is 5.17. The van der Waals surface area contributed by atoms with Crippen LogP contribution in [0.4, 0.5) is 8.78 Å². The summed E-state index contributed by atoms with van der Waals surface area (Å²) >= 11 is 0. The maximum atomic E-state index is 12.5. The predicted octanol–water partition coefficient (Wildman–Crippen LogP) is 2.19. The first-order chi connectivity index (χ1) is 7.11. The van der Waals surface area contributed by atoms with Crippen LogP contribution in [0, 0.1) is 11.3 Å². The smallest absolute Gasteiger partial charge is 0.320 e. The molecule has 0 aromatic heterocycles. The van der Waals surface area contributed by atoms with Crippen molar-refractivity contribution < 1.29 is 23.1 Å². The summed E-state index contributed by atoms with van der Waals surface area (Å²) in [6.45, 7) is 6.07. The van der Waals surface area contributed by atoms with E-state index in [0.717, 1.165) is 6.92 Å². The fraction of sp³-hybridized carbons (Fsp3) is 0.818. The molecular weight excluding hydrogens is 218 g/mol. The van der Waals surface area contributed by atoms with Crippen molar-refractivity contribution in [3.05, 3.63) is 0 Å². The van der Waals surface area contributed by atoms with Crippen LogP contribution < -0.4 is 0 Å². The van der Waals surface area contributed by atoms with Crippen LogP contribution in [-0.2, 0) is 14.3 Å². The minimum Gasteiger partial charge on any atom is -0.459 e. The Bertz CT molecular complexity index is 320. The highest BCUT2D eigenvalue weighted by atomic mass is 19.3. The lowest BCUT2D eigenvalue weighted by Crippen LogP contribution is -2.35. The normalized spacial score (nSPS) is 29.1. The molecule has 0 N–H and O–H groups in total. The third-order valence-corrected chi connectivity index (χ3v) is 2.71. The monoisotopic (exact) mass is 234 g/mol. The molecule has 1 fully saturated rings. The first-order valence-corrected chi connectivity index (χ1v) is 5.14. The molecule has 92 valence electrons. The Labute approximate surface area is 93.2 Å². The number of alkyl halides is 2. The van der Waals surface area contributed by atoms with Gasteiger partial charge in [-0.2, -0.15) is 0 Å². The first kappa shape index (κ1) is 13.1. The van der Waals surface area contributed by atoms with Crippen LogP contribution >= 0.6 is 0 Å². The minimum absolute atomic E-state index is 0.102. The molecule has 0 aliphatic heterocycles. The molecule has 1 rings (SSSR count). The third kappa shape index (κ3) is 2.23. The van der Waals surface area contributed by atoms with Gasteiger partial charge in [0, 0.05) is 5.92 Å². The number of esters is 1. The van der Waals surface area contributed by atoms with Gasteiger partial charge in [-0.25, -0.2) is 8.78 Å². The van der Waals surface area contributed by atoms with E-state index in [1.165, 1.54) is 0 Å². The number of carbonyl (C=O) groups is 2. The molecule has 5 heteroatoms. The van der Waals surface area contributed by atoms with Crippen LogP contribution in [0.3, 0.4) is 0 Å². The molecule has 0 amide bonds. The maximum Gasteiger partial charge on any atom is 0.320 e. The Kier molecular flexibility index (Phi) is 3.09. The topological polar surface area (TPSA) is 43.4 Å². The number of Topliss-reactive ketones (excluding diaryl/α,β-unsaturated/α-hetero) is 1. The largest absolute Gasteiger partial charge is 0.459 e. The molecule has 0 saturated heterocycles. The molecular formula is C11H16F2O3. The van der Waals surface area contributed by atoms with Crippen molar-refractivity contribution in [2.45, 2.75) is 46.1 Å². The predicted molar refractivity (Wildman–Crippen MR) is 53.1 cm³/mol. The summed E-state index contributed by atoms with van der Waals surface area (Å²) in [4.78, 5) is 23.1. The highest BCUT2D eigenvalue weighted by molar-refractivity contribution is 6.06. The number of halogens is 2. The average molecular weight is 234 g/mol. The van der Waals surface area contributed by atoms with E-state index in [1.54, 1.807) is 20.8 Å². The van der Waals surface area contributed by atoms with Gasteiger partial charge in [-0.1, -0.05) is 0 Å². The lowest BCUT2D eigenvalue weighted by molar-refractivity contribution is -0.165. The quantitative estimate of drug-likeness (QED) is 0.555. The van der Waals surface area contributed by atoms with Crippen LogP contribution in [0.25, 0.3) is 0 Å². The zero-order valence-electron chi connectivity index (χ0n) is 9.84. The Morgan fingerprint density at radius 1 is 1.38 bits per heavy atom. The fourth-order valence-corrected chi connectivity index (χ4v) is 1.74. The molecule has 2 unspecified atom stereocenters. The first-order valence-electron chi connectivity index (χ1n) is 5.14. The number of ether oxygens (including phenoxy) is 1. The van der Waals surface area contributed by atoms with Crippen LogP contribution in [0.1, 0.15) is 34.1 Å². The van der Waals surface area contributed by atoms with Crippen LogP contribution in [0.5, 0.6) is 0 Å². The van der Waals surface area contributed by atoms with E-state index in [4.69, 9.17) is 4.74 Å². The lowest BCUT2D eigenvalue weighted by Gasteiger charge is -2.23. The van der Waals surface area contributed by atoms with Crippen molar-refractivity contribution in [2.24, 2.45) is 11.3 Å². The molecule has 16 heavy (non-hydrogen) atoms. The van der Waals surface area contributed by atoms with Gasteiger partial charge in [-0.15, -0.1) is 0 Å². The van der Waals surface area contributed by atoms with E-state index in [1.807, 2.05) is 0 Å². The summed E-state index contributed by atoms with van der Waals surface area (Å²) in [5, 5.41) is 0. The summed E-state index contributed by atoms with van der Waals surface area (Å²) in [7, 11) is 0. The fourth-order valence-electron chi connectivity index (χ4n) is 1.74. The molecule has 0 aromatic carbocycles. The highest BCUT2D eigenvalue weighted by Crippen LogP contribution is 2.57. The average Bonchev–Trinajstić information content (AvgIpc) is 2.74. The standard InChI is InChI=1S/C11H16F2O3/c1-6(14)11(5-7(11)8(12)13)9(15)16-10(2,3)4/h7-8H,5H2,1-4H3. The number of ketones is 1. The summed E-state index contributed by atoms with van der Waals surface area (Å²) in [6.07, 6.45) is -2.76. The van der Waals surface area contributed by atoms with Crippen LogP contribution in [0.2, 0.25) is 0 Å². The number of rotatable bonds is 3. The molecule has 3 nitrogen and oxygen atoms in total. The zero-order valence-corrected chi connectivity index (χ0v) is 9.84.